The Bertz CT molecular complexity index is 579. The quantitative estimate of drug-likeness (QED) is 0.693. The third kappa shape index (κ3) is 5.73. The van der Waals surface area contributed by atoms with Crippen molar-refractivity contribution in [3.8, 4) is 0 Å². The highest BCUT2D eigenvalue weighted by molar-refractivity contribution is 8.01. The molecule has 1 saturated heterocycles. The van der Waals surface area contributed by atoms with Crippen molar-refractivity contribution in [2.75, 3.05) is 39.5 Å². The minimum absolute atomic E-state index is 0.0137. The van der Waals surface area contributed by atoms with Gasteiger partial charge in [0.25, 0.3) is 0 Å². The van der Waals surface area contributed by atoms with Gasteiger partial charge in [-0.15, -0.1) is 11.3 Å². The van der Waals surface area contributed by atoms with Crippen LogP contribution in [0.4, 0.5) is 0 Å². The first-order chi connectivity index (χ1) is 11.3. The number of aromatic nitrogens is 1. The molecule has 0 radical (unpaired) electrons. The monoisotopic (exact) mass is 372 g/mol. The normalized spacial score (nSPS) is 21.5. The smallest absolute Gasteiger partial charge is 0.236 e. The summed E-state index contributed by atoms with van der Waals surface area (Å²) in [6.45, 7) is 3.29. The molecular weight excluding hydrogens is 348 g/mol. The van der Waals surface area contributed by atoms with E-state index in [-0.39, 0.29) is 17.9 Å². The molecule has 0 saturated carbocycles. The van der Waals surface area contributed by atoms with Crippen LogP contribution in [0.15, 0.2) is 9.72 Å². The Morgan fingerprint density at radius 3 is 2.88 bits per heavy atom. The highest BCUT2D eigenvalue weighted by Crippen LogP contribution is 2.22. The summed E-state index contributed by atoms with van der Waals surface area (Å²) < 4.78 is 0.875. The zero-order valence-electron chi connectivity index (χ0n) is 14.2. The van der Waals surface area contributed by atoms with E-state index in [0.717, 1.165) is 10.0 Å². The van der Waals surface area contributed by atoms with E-state index in [9.17, 15) is 14.7 Å². The highest BCUT2D eigenvalue weighted by atomic mass is 32.2. The minimum Gasteiger partial charge on any atom is -0.390 e. The summed E-state index contributed by atoms with van der Waals surface area (Å²) in [5.41, 5.74) is 0.956. The molecule has 2 rings (SSSR count). The number of likely N-dealkylation sites (tertiary alicyclic amines) is 1. The molecule has 1 aromatic heterocycles. The molecule has 0 spiro atoms. The van der Waals surface area contributed by atoms with Gasteiger partial charge in [0.15, 0.2) is 4.34 Å². The Hall–Kier alpha value is -1.16. The lowest BCUT2D eigenvalue weighted by Gasteiger charge is -2.36. The average molecular weight is 373 g/mol. The van der Waals surface area contributed by atoms with Crippen LogP contribution in [0.5, 0.6) is 0 Å². The number of aliphatic hydroxyl groups is 1. The van der Waals surface area contributed by atoms with E-state index in [1.54, 1.807) is 14.1 Å². The van der Waals surface area contributed by atoms with Crippen molar-refractivity contribution >= 4 is 34.9 Å². The molecule has 2 heterocycles. The topological polar surface area (TPSA) is 85.8 Å². The number of β-amino-alcohol motifs (C(OH)–C–C–N with tert-alkyl or cyclic N) is 1. The first-order valence-corrected chi connectivity index (χ1v) is 9.66. The number of hydrogen-bond donors (Lipinski definition) is 2. The molecule has 1 aliphatic heterocycles. The van der Waals surface area contributed by atoms with E-state index in [1.807, 2.05) is 17.2 Å². The van der Waals surface area contributed by atoms with Crippen molar-refractivity contribution in [2.45, 2.75) is 29.8 Å². The van der Waals surface area contributed by atoms with Crippen molar-refractivity contribution in [1.82, 2.24) is 20.1 Å². The maximum atomic E-state index is 12.0. The number of thioether (sulfide) groups is 1. The van der Waals surface area contributed by atoms with Crippen molar-refractivity contribution in [3.63, 3.8) is 0 Å². The number of piperidine rings is 1. The summed E-state index contributed by atoms with van der Waals surface area (Å²) in [5.74, 6) is 0.202. The van der Waals surface area contributed by atoms with Crippen molar-refractivity contribution < 1.29 is 14.7 Å². The second-order valence-corrected chi connectivity index (χ2v) is 8.18. The number of amides is 2. The molecular formula is C15H24N4O3S2. The second kappa shape index (κ2) is 8.80. The van der Waals surface area contributed by atoms with E-state index < -0.39 is 6.10 Å². The van der Waals surface area contributed by atoms with Gasteiger partial charge in [0.05, 0.1) is 24.4 Å². The number of aryl methyl sites for hydroxylation is 1. The number of nitrogens with one attached hydrogen (secondary N) is 1. The Labute approximate surface area is 150 Å². The fraction of sp³-hybridized carbons (Fsp3) is 0.667. The molecule has 1 aromatic rings. The molecule has 1 fully saturated rings. The van der Waals surface area contributed by atoms with Crippen LogP contribution in [0, 0.1) is 6.92 Å². The molecule has 134 valence electrons. The molecule has 9 heteroatoms. The number of hydrogen-bond acceptors (Lipinski definition) is 7. The maximum absolute atomic E-state index is 12.0. The second-order valence-electron chi connectivity index (χ2n) is 6.10. The summed E-state index contributed by atoms with van der Waals surface area (Å²) in [5, 5.41) is 15.1. The fourth-order valence-corrected chi connectivity index (χ4v) is 4.08. The van der Waals surface area contributed by atoms with Crippen LogP contribution in [0.1, 0.15) is 12.1 Å². The van der Waals surface area contributed by atoms with Gasteiger partial charge in [0.1, 0.15) is 0 Å². The third-order valence-electron chi connectivity index (χ3n) is 3.79. The number of rotatable bonds is 6. The predicted octanol–water partition coefficient (Wildman–Crippen LogP) is 0.183. The predicted molar refractivity (Wildman–Crippen MR) is 95.3 cm³/mol. The van der Waals surface area contributed by atoms with Gasteiger partial charge in [0, 0.05) is 38.3 Å². The van der Waals surface area contributed by atoms with E-state index >= 15 is 0 Å². The SMILES string of the molecule is Cc1csc(SCC(=O)N[C@@H]2CCN(CC(=O)N(C)C)C[C@H]2O)n1. The van der Waals surface area contributed by atoms with Crippen LogP contribution in [-0.4, -0.2) is 83.3 Å². The number of carbonyl (C=O) groups excluding carboxylic acids is 2. The van der Waals surface area contributed by atoms with E-state index in [4.69, 9.17) is 0 Å². The minimum atomic E-state index is -0.662. The Balaban J connectivity index is 1.73. The van der Waals surface area contributed by atoms with Gasteiger partial charge >= 0.3 is 0 Å². The van der Waals surface area contributed by atoms with E-state index in [2.05, 4.69) is 10.3 Å². The zero-order chi connectivity index (χ0) is 17.7. The molecule has 0 unspecified atom stereocenters. The van der Waals surface area contributed by atoms with E-state index in [1.165, 1.54) is 28.0 Å². The Morgan fingerprint density at radius 2 is 2.29 bits per heavy atom. The van der Waals surface area contributed by atoms with Crippen LogP contribution in [0.25, 0.3) is 0 Å². The Kier molecular flexibility index (Phi) is 7.02. The molecule has 7 nitrogen and oxygen atoms in total. The first-order valence-electron chi connectivity index (χ1n) is 7.80. The van der Waals surface area contributed by atoms with Crippen LogP contribution in [0.2, 0.25) is 0 Å². The summed E-state index contributed by atoms with van der Waals surface area (Å²) in [6, 6.07) is -0.262. The zero-order valence-corrected chi connectivity index (χ0v) is 15.8. The van der Waals surface area contributed by atoms with Gasteiger partial charge in [-0.05, 0) is 13.3 Å². The van der Waals surface area contributed by atoms with Crippen LogP contribution in [0.3, 0.4) is 0 Å². The summed E-state index contributed by atoms with van der Waals surface area (Å²) in [6.07, 6.45) is -0.0287. The molecule has 0 bridgehead atoms. The number of thiazole rings is 1. The lowest BCUT2D eigenvalue weighted by molar-refractivity contribution is -0.131. The van der Waals surface area contributed by atoms with Crippen molar-refractivity contribution in [2.24, 2.45) is 0 Å². The lowest BCUT2D eigenvalue weighted by Crippen LogP contribution is -2.55. The maximum Gasteiger partial charge on any atom is 0.236 e. The van der Waals surface area contributed by atoms with Gasteiger partial charge in [-0.2, -0.15) is 0 Å². The molecule has 2 atom stereocenters. The molecule has 2 N–H and O–H groups in total. The van der Waals surface area contributed by atoms with E-state index in [0.29, 0.717) is 31.8 Å². The highest BCUT2D eigenvalue weighted by Gasteiger charge is 2.29. The summed E-state index contributed by atoms with van der Waals surface area (Å²) >= 11 is 2.93. The van der Waals surface area contributed by atoms with Gasteiger partial charge < -0.3 is 15.3 Å². The van der Waals surface area contributed by atoms with Crippen molar-refractivity contribution in [3.05, 3.63) is 11.1 Å². The van der Waals surface area contributed by atoms with Crippen molar-refractivity contribution in [1.29, 1.82) is 0 Å². The van der Waals surface area contributed by atoms with Crippen LogP contribution in [-0.2, 0) is 9.59 Å². The largest absolute Gasteiger partial charge is 0.390 e. The molecule has 24 heavy (non-hydrogen) atoms. The third-order valence-corrected chi connectivity index (χ3v) is 5.93. The first kappa shape index (κ1) is 19.2. The standard InChI is InChI=1S/C15H24N4O3S2/c1-10-8-23-15(16-10)24-9-13(21)17-11-4-5-19(6-12(11)20)7-14(22)18(2)3/h8,11-12,20H,4-7,9H2,1-3H3,(H,17,21)/t11-,12-/m1/s1. The number of nitrogens with zero attached hydrogens (tertiary/aromatic N) is 3. The van der Waals surface area contributed by atoms with Gasteiger partial charge in [0.2, 0.25) is 11.8 Å². The average Bonchev–Trinajstić information content (AvgIpc) is 2.93. The summed E-state index contributed by atoms with van der Waals surface area (Å²) in [4.78, 5) is 31.5. The lowest BCUT2D eigenvalue weighted by atomic mass is 10.0. The fourth-order valence-electron chi connectivity index (χ4n) is 2.42. The molecule has 0 aromatic carbocycles. The molecule has 0 aliphatic carbocycles. The Morgan fingerprint density at radius 1 is 1.54 bits per heavy atom. The molecule has 2 amide bonds. The molecule has 1 aliphatic rings. The van der Waals surface area contributed by atoms with Crippen LogP contribution >= 0.6 is 23.1 Å². The number of likely N-dealkylation sites (N-methyl/N-ethyl adjacent to an activating group) is 1. The van der Waals surface area contributed by atoms with Crippen LogP contribution < -0.4 is 5.32 Å². The van der Waals surface area contributed by atoms with Gasteiger partial charge in [-0.25, -0.2) is 4.98 Å². The van der Waals surface area contributed by atoms with Gasteiger partial charge in [-0.1, -0.05) is 11.8 Å². The number of carbonyl (C=O) groups is 2. The number of aliphatic hydroxyl groups excluding tert-OH is 1. The van der Waals surface area contributed by atoms with Gasteiger partial charge in [-0.3, -0.25) is 14.5 Å². The summed E-state index contributed by atoms with van der Waals surface area (Å²) in [7, 11) is 3.43.